The standard InChI is InChI=1S/C28H29N3O5/c1-17-10-11-21(28(33)31(34)18(2)19-8-6-5-7-9-19)14-23(17)30-27(32)22-13-12-20-15-25(35-3)26(36-4)16-24(20)29-22/h5-16,18,22,29,34H,1-4H3,(H,30,32). The molecular weight excluding hydrogens is 458 g/mol. The van der Waals surface area contributed by atoms with Crippen molar-refractivity contribution in [3.8, 4) is 11.5 Å². The van der Waals surface area contributed by atoms with Gasteiger partial charge in [-0.1, -0.05) is 48.6 Å². The van der Waals surface area contributed by atoms with E-state index in [2.05, 4.69) is 10.6 Å². The summed E-state index contributed by atoms with van der Waals surface area (Å²) in [4.78, 5) is 26.1. The number of hydrogen-bond donors (Lipinski definition) is 3. The Morgan fingerprint density at radius 3 is 2.42 bits per heavy atom. The second-order valence-electron chi connectivity index (χ2n) is 8.53. The highest BCUT2D eigenvalue weighted by atomic mass is 16.5. The fourth-order valence-electron chi connectivity index (χ4n) is 4.01. The number of benzene rings is 3. The number of hydroxylamine groups is 2. The minimum Gasteiger partial charge on any atom is -0.493 e. The molecule has 36 heavy (non-hydrogen) atoms. The first-order valence-corrected chi connectivity index (χ1v) is 11.5. The number of aryl methyl sites for hydroxylation is 1. The first kappa shape index (κ1) is 24.8. The van der Waals surface area contributed by atoms with Crippen LogP contribution in [0.4, 0.5) is 11.4 Å². The number of nitrogens with zero attached hydrogens (tertiary/aromatic N) is 1. The van der Waals surface area contributed by atoms with Crippen molar-refractivity contribution in [2.24, 2.45) is 0 Å². The second-order valence-corrected chi connectivity index (χ2v) is 8.53. The summed E-state index contributed by atoms with van der Waals surface area (Å²) in [5, 5.41) is 17.4. The van der Waals surface area contributed by atoms with Gasteiger partial charge >= 0.3 is 0 Å². The average molecular weight is 488 g/mol. The normalized spacial score (nSPS) is 14.8. The van der Waals surface area contributed by atoms with Crippen molar-refractivity contribution in [2.75, 3.05) is 24.9 Å². The number of carbonyl (C=O) groups excluding carboxylic acids is 2. The number of amides is 2. The minimum atomic E-state index is -0.637. The van der Waals surface area contributed by atoms with Crippen LogP contribution in [0.5, 0.6) is 11.5 Å². The van der Waals surface area contributed by atoms with Crippen molar-refractivity contribution in [1.82, 2.24) is 5.06 Å². The molecule has 0 spiro atoms. The Kier molecular flexibility index (Phi) is 7.26. The number of rotatable bonds is 7. The van der Waals surface area contributed by atoms with Gasteiger partial charge in [0.1, 0.15) is 6.04 Å². The zero-order valence-corrected chi connectivity index (χ0v) is 20.6. The molecule has 2 atom stereocenters. The van der Waals surface area contributed by atoms with Gasteiger partial charge in [-0.15, -0.1) is 0 Å². The summed E-state index contributed by atoms with van der Waals surface area (Å²) < 4.78 is 10.7. The third-order valence-corrected chi connectivity index (χ3v) is 6.22. The van der Waals surface area contributed by atoms with Crippen LogP contribution >= 0.6 is 0 Å². The summed E-state index contributed by atoms with van der Waals surface area (Å²) in [7, 11) is 3.12. The molecule has 1 aliphatic rings. The predicted molar refractivity (Wildman–Crippen MR) is 139 cm³/mol. The van der Waals surface area contributed by atoms with E-state index in [-0.39, 0.29) is 11.5 Å². The lowest BCUT2D eigenvalue weighted by Gasteiger charge is -2.24. The highest BCUT2D eigenvalue weighted by molar-refractivity contribution is 6.02. The van der Waals surface area contributed by atoms with Gasteiger partial charge in [-0.05, 0) is 43.2 Å². The monoisotopic (exact) mass is 487 g/mol. The SMILES string of the molecule is COc1cc2c(cc1OC)NC(C(=O)Nc1cc(C(=O)N(O)C(C)c3ccccc3)ccc1C)C=C2. The van der Waals surface area contributed by atoms with Crippen molar-refractivity contribution < 1.29 is 24.3 Å². The van der Waals surface area contributed by atoms with Crippen molar-refractivity contribution in [1.29, 1.82) is 0 Å². The number of methoxy groups -OCH3 is 2. The molecule has 8 nitrogen and oxygen atoms in total. The topological polar surface area (TPSA) is 100 Å². The molecule has 4 rings (SSSR count). The molecule has 0 saturated carbocycles. The van der Waals surface area contributed by atoms with Gasteiger partial charge in [-0.2, -0.15) is 0 Å². The number of nitrogens with one attached hydrogen (secondary N) is 2. The Morgan fingerprint density at radius 1 is 1.03 bits per heavy atom. The van der Waals surface area contributed by atoms with Crippen LogP contribution in [0.1, 0.15) is 40.0 Å². The van der Waals surface area contributed by atoms with Crippen molar-refractivity contribution in [3.05, 3.63) is 89.0 Å². The summed E-state index contributed by atoms with van der Waals surface area (Å²) in [6.07, 6.45) is 3.60. The van der Waals surface area contributed by atoms with Crippen LogP contribution in [0.15, 0.2) is 66.7 Å². The van der Waals surface area contributed by atoms with E-state index in [4.69, 9.17) is 9.47 Å². The molecule has 0 fully saturated rings. The number of fused-ring (bicyclic) bond motifs is 1. The van der Waals surface area contributed by atoms with Crippen LogP contribution in [0.3, 0.4) is 0 Å². The Bertz CT molecular complexity index is 1310. The molecule has 0 bridgehead atoms. The lowest BCUT2D eigenvalue weighted by molar-refractivity contribution is -0.116. The molecule has 2 unspecified atom stereocenters. The summed E-state index contributed by atoms with van der Waals surface area (Å²) >= 11 is 0. The van der Waals surface area contributed by atoms with Gasteiger partial charge in [0.2, 0.25) is 0 Å². The van der Waals surface area contributed by atoms with E-state index in [0.29, 0.717) is 22.2 Å². The molecule has 0 saturated heterocycles. The van der Waals surface area contributed by atoms with Crippen LogP contribution in [0, 0.1) is 6.92 Å². The van der Waals surface area contributed by atoms with Crippen molar-refractivity contribution >= 4 is 29.3 Å². The molecule has 0 aliphatic carbocycles. The molecule has 0 radical (unpaired) electrons. The molecule has 1 aliphatic heterocycles. The van der Waals surface area contributed by atoms with Gasteiger partial charge in [0.05, 0.1) is 20.3 Å². The Morgan fingerprint density at radius 2 is 1.72 bits per heavy atom. The summed E-state index contributed by atoms with van der Waals surface area (Å²) in [5.74, 6) is 0.297. The van der Waals surface area contributed by atoms with E-state index in [9.17, 15) is 14.8 Å². The molecule has 3 aromatic carbocycles. The quantitative estimate of drug-likeness (QED) is 0.319. The smallest absolute Gasteiger partial charge is 0.277 e. The molecule has 0 aromatic heterocycles. The van der Waals surface area contributed by atoms with Crippen LogP contribution in [-0.4, -0.2) is 42.3 Å². The number of hydrogen-bond acceptors (Lipinski definition) is 6. The van der Waals surface area contributed by atoms with Gasteiger partial charge in [0, 0.05) is 28.6 Å². The summed E-state index contributed by atoms with van der Waals surface area (Å²) in [5.41, 5.74) is 3.94. The average Bonchev–Trinajstić information content (AvgIpc) is 2.92. The lowest BCUT2D eigenvalue weighted by atomic mass is 10.0. The summed E-state index contributed by atoms with van der Waals surface area (Å²) in [6.45, 7) is 3.58. The second kappa shape index (κ2) is 10.5. The van der Waals surface area contributed by atoms with Gasteiger partial charge in [0.15, 0.2) is 11.5 Å². The third kappa shape index (κ3) is 5.04. The zero-order valence-electron chi connectivity index (χ0n) is 20.6. The van der Waals surface area contributed by atoms with Crippen LogP contribution in [-0.2, 0) is 4.79 Å². The van der Waals surface area contributed by atoms with E-state index in [1.165, 1.54) is 0 Å². The van der Waals surface area contributed by atoms with Gasteiger partial charge in [0.25, 0.3) is 11.8 Å². The lowest BCUT2D eigenvalue weighted by Crippen LogP contribution is -2.35. The maximum absolute atomic E-state index is 13.1. The number of anilines is 2. The zero-order chi connectivity index (χ0) is 25.8. The highest BCUT2D eigenvalue weighted by Crippen LogP contribution is 2.36. The first-order chi connectivity index (χ1) is 17.3. The number of ether oxygens (including phenoxy) is 2. The van der Waals surface area contributed by atoms with Crippen LogP contribution < -0.4 is 20.1 Å². The molecular formula is C28H29N3O5. The van der Waals surface area contributed by atoms with Crippen molar-refractivity contribution in [2.45, 2.75) is 25.9 Å². The fraction of sp³-hybridized carbons (Fsp3) is 0.214. The fourth-order valence-corrected chi connectivity index (χ4v) is 4.01. The minimum absolute atomic E-state index is 0.260. The molecule has 1 heterocycles. The molecule has 186 valence electrons. The number of carbonyl (C=O) groups is 2. The van der Waals surface area contributed by atoms with E-state index >= 15 is 0 Å². The largest absolute Gasteiger partial charge is 0.493 e. The van der Waals surface area contributed by atoms with E-state index in [0.717, 1.165) is 22.4 Å². The highest BCUT2D eigenvalue weighted by Gasteiger charge is 2.24. The maximum atomic E-state index is 13.1. The van der Waals surface area contributed by atoms with Gasteiger partial charge in [-0.3, -0.25) is 14.8 Å². The van der Waals surface area contributed by atoms with E-state index in [1.54, 1.807) is 51.5 Å². The van der Waals surface area contributed by atoms with Crippen LogP contribution in [0.25, 0.3) is 6.08 Å². The Hall–Kier alpha value is -4.30. The first-order valence-electron chi connectivity index (χ1n) is 11.5. The Balaban J connectivity index is 1.50. The van der Waals surface area contributed by atoms with E-state index in [1.807, 2.05) is 49.4 Å². The molecule has 2 amide bonds. The summed E-state index contributed by atoms with van der Waals surface area (Å²) in [6, 6.07) is 16.6. The van der Waals surface area contributed by atoms with Crippen LogP contribution in [0.2, 0.25) is 0 Å². The van der Waals surface area contributed by atoms with E-state index < -0.39 is 18.0 Å². The molecule has 8 heteroatoms. The van der Waals surface area contributed by atoms with Gasteiger partial charge in [-0.25, -0.2) is 5.06 Å². The molecule has 3 aromatic rings. The Labute approximate surface area is 210 Å². The third-order valence-electron chi connectivity index (χ3n) is 6.22. The predicted octanol–water partition coefficient (Wildman–Crippen LogP) is 5.05. The van der Waals surface area contributed by atoms with Gasteiger partial charge < -0.3 is 20.1 Å². The molecule has 3 N–H and O–H groups in total. The maximum Gasteiger partial charge on any atom is 0.277 e. The van der Waals surface area contributed by atoms with Crippen molar-refractivity contribution in [3.63, 3.8) is 0 Å².